The number of hydrogen-bond acceptors (Lipinski definition) is 5. The van der Waals surface area contributed by atoms with Crippen LogP contribution in [-0.4, -0.2) is 37.8 Å². The van der Waals surface area contributed by atoms with Crippen molar-refractivity contribution in [2.75, 3.05) is 0 Å². The largest absolute Gasteiger partial charge is 0.450 e. The lowest BCUT2D eigenvalue weighted by atomic mass is 10.3. The first kappa shape index (κ1) is 21.2. The highest BCUT2D eigenvalue weighted by molar-refractivity contribution is 14.1. The van der Waals surface area contributed by atoms with Gasteiger partial charge in [-0.3, -0.25) is 4.55 Å². The fourth-order valence-corrected chi connectivity index (χ4v) is 2.95. The summed E-state index contributed by atoms with van der Waals surface area (Å²) in [7, 11) is -13.8. The SMILES string of the molecule is O=S(=O)(O)C(F)(F)C(F)(F)C(F)(F)S(=O)(=O)Oc1ccc(I)cc1. The molecule has 0 unspecified atom stereocenters. The van der Waals surface area contributed by atoms with Crippen molar-refractivity contribution in [3.8, 4) is 5.75 Å². The standard InChI is InChI=1S/C9H5F6IO6S2/c10-7(11,8(12,13)23(17,18)19)9(14,15)24(20,21)22-6-3-1-5(16)2-4-6/h1-4H,(H,17,18,19). The first-order chi connectivity index (χ1) is 10.5. The Labute approximate surface area is 144 Å². The van der Waals surface area contributed by atoms with Crippen LogP contribution in [-0.2, 0) is 20.2 Å². The Morgan fingerprint density at radius 1 is 0.875 bits per heavy atom. The molecule has 1 aromatic rings. The van der Waals surface area contributed by atoms with Gasteiger partial charge in [0.25, 0.3) is 0 Å². The summed E-state index contributed by atoms with van der Waals surface area (Å²) in [4.78, 5) is 0. The highest BCUT2D eigenvalue weighted by atomic mass is 127. The van der Waals surface area contributed by atoms with Gasteiger partial charge in [0.15, 0.2) is 0 Å². The molecule has 138 valence electrons. The fraction of sp³-hybridized carbons (Fsp3) is 0.333. The molecule has 0 spiro atoms. The summed E-state index contributed by atoms with van der Waals surface area (Å²) in [6.07, 6.45) is 0. The van der Waals surface area contributed by atoms with E-state index in [9.17, 15) is 43.2 Å². The second-order valence-electron chi connectivity index (χ2n) is 4.07. The van der Waals surface area contributed by atoms with Gasteiger partial charge in [-0.05, 0) is 46.9 Å². The zero-order valence-corrected chi connectivity index (χ0v) is 14.6. The molecule has 0 saturated carbocycles. The lowest BCUT2D eigenvalue weighted by Gasteiger charge is -2.29. The summed E-state index contributed by atoms with van der Waals surface area (Å²) >= 11 is 1.72. The van der Waals surface area contributed by atoms with Gasteiger partial charge in [0, 0.05) is 3.57 Å². The minimum absolute atomic E-state index is 0.465. The molecule has 0 atom stereocenters. The van der Waals surface area contributed by atoms with Crippen molar-refractivity contribution in [3.05, 3.63) is 27.8 Å². The number of halogens is 7. The highest BCUT2D eigenvalue weighted by Gasteiger charge is 2.83. The van der Waals surface area contributed by atoms with Gasteiger partial charge in [-0.2, -0.15) is 43.2 Å². The number of hydrogen-bond donors (Lipinski definition) is 1. The van der Waals surface area contributed by atoms with Gasteiger partial charge in [0.05, 0.1) is 0 Å². The lowest BCUT2D eigenvalue weighted by Crippen LogP contribution is -2.61. The van der Waals surface area contributed by atoms with E-state index in [-0.39, 0.29) is 0 Å². The first-order valence-corrected chi connectivity index (χ1v) is 9.20. The van der Waals surface area contributed by atoms with Gasteiger partial charge in [0.2, 0.25) is 0 Å². The Morgan fingerprint density at radius 3 is 1.67 bits per heavy atom. The Kier molecular flexibility index (Phi) is 5.46. The van der Waals surface area contributed by atoms with Gasteiger partial charge in [-0.15, -0.1) is 0 Å². The Hall–Kier alpha value is -0.810. The summed E-state index contributed by atoms with van der Waals surface area (Å²) in [6, 6.07) is 3.76. The van der Waals surface area contributed by atoms with Crippen LogP contribution in [0.4, 0.5) is 26.3 Å². The first-order valence-electron chi connectivity index (χ1n) is 5.27. The van der Waals surface area contributed by atoms with Gasteiger partial charge in [-0.1, -0.05) is 0 Å². The molecular formula is C9H5F6IO6S2. The zero-order chi connectivity index (χ0) is 19.2. The second kappa shape index (κ2) is 6.17. The quantitative estimate of drug-likeness (QED) is 0.272. The van der Waals surface area contributed by atoms with Crippen molar-refractivity contribution in [1.82, 2.24) is 0 Å². The van der Waals surface area contributed by atoms with Crippen LogP contribution < -0.4 is 4.18 Å². The van der Waals surface area contributed by atoms with Crippen molar-refractivity contribution in [2.24, 2.45) is 0 Å². The van der Waals surface area contributed by atoms with Crippen molar-refractivity contribution in [2.45, 2.75) is 16.4 Å². The van der Waals surface area contributed by atoms with Crippen LogP contribution in [0.15, 0.2) is 24.3 Å². The number of rotatable bonds is 6. The average molecular weight is 514 g/mol. The average Bonchev–Trinajstić information content (AvgIpc) is 2.39. The van der Waals surface area contributed by atoms with Crippen molar-refractivity contribution >= 4 is 42.8 Å². The van der Waals surface area contributed by atoms with Crippen molar-refractivity contribution in [1.29, 1.82) is 0 Å². The normalized spacial score (nSPS) is 14.5. The molecule has 0 amide bonds. The summed E-state index contributed by atoms with van der Waals surface area (Å²) < 4.78 is 134. The van der Waals surface area contributed by atoms with E-state index >= 15 is 0 Å². The summed E-state index contributed by atoms with van der Waals surface area (Å²) in [5, 5.41) is -13.5. The maximum Gasteiger partial charge on any atom is 0.450 e. The van der Waals surface area contributed by atoms with Crippen LogP contribution in [0.5, 0.6) is 5.75 Å². The lowest BCUT2D eigenvalue weighted by molar-refractivity contribution is -0.247. The summed E-state index contributed by atoms with van der Waals surface area (Å²) in [5.74, 6) is -7.95. The predicted molar refractivity (Wildman–Crippen MR) is 75.1 cm³/mol. The molecule has 1 N–H and O–H groups in total. The number of alkyl halides is 6. The molecule has 0 aliphatic heterocycles. The molecule has 0 fully saturated rings. The fourth-order valence-electron chi connectivity index (χ4n) is 1.16. The maximum atomic E-state index is 13.5. The van der Waals surface area contributed by atoms with E-state index < -0.39 is 42.4 Å². The van der Waals surface area contributed by atoms with Crippen LogP contribution in [0, 0.1) is 3.57 Å². The van der Waals surface area contributed by atoms with E-state index in [0.29, 0.717) is 3.57 Å². The minimum atomic E-state index is -7.07. The van der Waals surface area contributed by atoms with Crippen molar-refractivity contribution in [3.63, 3.8) is 0 Å². The maximum absolute atomic E-state index is 13.5. The molecule has 0 bridgehead atoms. The number of benzene rings is 1. The molecule has 0 aliphatic carbocycles. The molecule has 15 heteroatoms. The third kappa shape index (κ3) is 3.43. The molecule has 0 heterocycles. The van der Waals surface area contributed by atoms with E-state index in [1.165, 1.54) is 0 Å². The van der Waals surface area contributed by atoms with Gasteiger partial charge in [0.1, 0.15) is 5.75 Å². The molecule has 24 heavy (non-hydrogen) atoms. The zero-order valence-electron chi connectivity index (χ0n) is 10.8. The van der Waals surface area contributed by atoms with E-state index in [2.05, 4.69) is 4.18 Å². The Balaban J connectivity index is 3.37. The molecule has 0 radical (unpaired) electrons. The summed E-state index contributed by atoms with van der Waals surface area (Å²) in [6.45, 7) is 0. The molecule has 0 aliphatic rings. The monoisotopic (exact) mass is 514 g/mol. The van der Waals surface area contributed by atoms with Gasteiger partial charge in [-0.25, -0.2) is 0 Å². The van der Waals surface area contributed by atoms with Crippen LogP contribution in [0.2, 0.25) is 0 Å². The summed E-state index contributed by atoms with van der Waals surface area (Å²) in [5.41, 5.74) is 0. The molecule has 0 aromatic heterocycles. The van der Waals surface area contributed by atoms with E-state index in [0.717, 1.165) is 24.3 Å². The third-order valence-corrected chi connectivity index (χ3v) is 5.31. The van der Waals surface area contributed by atoms with E-state index in [1.54, 1.807) is 22.6 Å². The Bertz CT molecular complexity index is 821. The van der Waals surface area contributed by atoms with Crippen molar-refractivity contribution < 1.29 is 51.9 Å². The Morgan fingerprint density at radius 2 is 1.29 bits per heavy atom. The second-order valence-corrected chi connectivity index (χ2v) is 8.37. The topological polar surface area (TPSA) is 97.7 Å². The van der Waals surface area contributed by atoms with Crippen LogP contribution in [0.3, 0.4) is 0 Å². The van der Waals surface area contributed by atoms with Crippen LogP contribution in [0.25, 0.3) is 0 Å². The van der Waals surface area contributed by atoms with Gasteiger partial charge >= 0.3 is 36.7 Å². The van der Waals surface area contributed by atoms with E-state index in [4.69, 9.17) is 4.55 Å². The molecule has 1 aromatic carbocycles. The third-order valence-electron chi connectivity index (χ3n) is 2.39. The van der Waals surface area contributed by atoms with Crippen LogP contribution >= 0.6 is 22.6 Å². The molecule has 1 rings (SSSR count). The van der Waals surface area contributed by atoms with Crippen LogP contribution in [0.1, 0.15) is 0 Å². The molecule has 0 saturated heterocycles. The smallest absolute Gasteiger partial charge is 0.378 e. The molecule has 6 nitrogen and oxygen atoms in total. The highest BCUT2D eigenvalue weighted by Crippen LogP contribution is 2.50. The van der Waals surface area contributed by atoms with Gasteiger partial charge < -0.3 is 4.18 Å². The minimum Gasteiger partial charge on any atom is -0.378 e. The predicted octanol–water partition coefficient (Wildman–Crippen LogP) is 2.71. The molecular weight excluding hydrogens is 509 g/mol. The van der Waals surface area contributed by atoms with E-state index in [1.807, 2.05) is 0 Å².